The molecule has 2 aliphatic rings. The first-order valence-electron chi connectivity index (χ1n) is 13.9. The number of fused-ring (bicyclic) bond motifs is 1. The fourth-order valence-electron chi connectivity index (χ4n) is 5.35. The lowest BCUT2D eigenvalue weighted by Gasteiger charge is -2.31. The highest BCUT2D eigenvalue weighted by atomic mass is 16.2. The lowest BCUT2D eigenvalue weighted by molar-refractivity contribution is -0.122. The number of nitrogens with zero attached hydrogens (tertiary/aromatic N) is 5. The molecule has 2 aromatic heterocycles. The number of nitrogens with two attached hydrogens (primary N) is 1. The topological polar surface area (TPSA) is 137 Å². The molecule has 5 rings (SSSR count). The molecule has 0 bridgehead atoms. The number of amides is 1. The highest BCUT2D eigenvalue weighted by Gasteiger charge is 2.28. The number of imidazole rings is 1. The van der Waals surface area contributed by atoms with E-state index in [0.717, 1.165) is 48.8 Å². The first-order valence-corrected chi connectivity index (χ1v) is 13.9. The van der Waals surface area contributed by atoms with Crippen LogP contribution in [0.4, 0.5) is 11.6 Å². The number of piperidine rings is 1. The van der Waals surface area contributed by atoms with Crippen molar-refractivity contribution in [2.24, 2.45) is 18.7 Å². The van der Waals surface area contributed by atoms with Gasteiger partial charge in [-0.15, -0.1) is 0 Å². The van der Waals surface area contributed by atoms with Crippen molar-refractivity contribution in [3.05, 3.63) is 62.3 Å². The molecule has 1 aromatic carbocycles. The first-order chi connectivity index (χ1) is 19.2. The number of para-hydroxylation sites is 1. The zero-order chi connectivity index (χ0) is 28.6. The largest absolute Gasteiger partial charge is 0.341 e. The van der Waals surface area contributed by atoms with Crippen LogP contribution < -0.4 is 27.2 Å². The summed E-state index contributed by atoms with van der Waals surface area (Å²) in [6.07, 6.45) is 6.50. The van der Waals surface area contributed by atoms with Gasteiger partial charge in [0.25, 0.3) is 5.56 Å². The summed E-state index contributed by atoms with van der Waals surface area (Å²) in [6, 6.07) is 6.69. The van der Waals surface area contributed by atoms with Crippen LogP contribution in [0.5, 0.6) is 0 Å². The number of allylic oxidation sites excluding steroid dienone is 2. The number of hydrogen-bond donors (Lipinski definition) is 2. The summed E-state index contributed by atoms with van der Waals surface area (Å²) in [4.78, 5) is 60.2. The number of carbonyl (C=O) groups excluding carboxylic acids is 2. The molecule has 3 heterocycles. The minimum atomic E-state index is -0.629. The van der Waals surface area contributed by atoms with Gasteiger partial charge in [0.1, 0.15) is 0 Å². The van der Waals surface area contributed by atoms with Crippen LogP contribution in [-0.2, 0) is 24.9 Å². The van der Waals surface area contributed by atoms with Gasteiger partial charge in [0.15, 0.2) is 16.9 Å². The number of Topliss-reactive ketones (excluding diaryl/α,β-unsaturated/α-hetero) is 1. The Morgan fingerprint density at radius 1 is 1.10 bits per heavy atom. The minimum absolute atomic E-state index is 0.00610. The first kappa shape index (κ1) is 27.6. The standard InChI is InChI=1S/C29H37N7O4/c1-18(2)13-15-35-24-25(32-28(35)34-14-7-10-20(30)16-34)33(3)29(40)36(27(24)39)17-23(37)21-11-4-5-12-22(21)31-26(38)19-8-6-9-19/h4-5,11-13,19-20H,6-10,14-17,30H2,1-3H3,(H,31,38). The molecule has 11 nitrogen and oxygen atoms in total. The van der Waals surface area contributed by atoms with Crippen molar-refractivity contribution in [1.29, 1.82) is 0 Å². The van der Waals surface area contributed by atoms with Gasteiger partial charge in [-0.3, -0.25) is 23.5 Å². The zero-order valence-electron chi connectivity index (χ0n) is 23.4. The second kappa shape index (κ2) is 11.2. The number of aryl methyl sites for hydroxylation is 1. The van der Waals surface area contributed by atoms with Gasteiger partial charge in [-0.2, -0.15) is 4.98 Å². The number of benzene rings is 1. The van der Waals surface area contributed by atoms with Crippen LogP contribution in [-0.4, -0.2) is 49.5 Å². The molecule has 0 radical (unpaired) electrons. The van der Waals surface area contributed by atoms with Gasteiger partial charge >= 0.3 is 5.69 Å². The van der Waals surface area contributed by atoms with Crippen LogP contribution in [0.25, 0.3) is 11.2 Å². The molecule has 1 saturated heterocycles. The Balaban J connectivity index is 1.56. The van der Waals surface area contributed by atoms with E-state index in [4.69, 9.17) is 10.7 Å². The maximum atomic E-state index is 13.9. The monoisotopic (exact) mass is 547 g/mol. The van der Waals surface area contributed by atoms with Crippen LogP contribution in [0.15, 0.2) is 45.5 Å². The summed E-state index contributed by atoms with van der Waals surface area (Å²) in [6.45, 7) is 5.22. The number of ketones is 1. The second-order valence-electron chi connectivity index (χ2n) is 11.1. The van der Waals surface area contributed by atoms with Crippen LogP contribution in [0.3, 0.4) is 0 Å². The predicted molar refractivity (Wildman–Crippen MR) is 155 cm³/mol. The molecule has 11 heteroatoms. The lowest BCUT2D eigenvalue weighted by Crippen LogP contribution is -2.44. The molecular formula is C29H37N7O4. The van der Waals surface area contributed by atoms with E-state index in [9.17, 15) is 19.2 Å². The summed E-state index contributed by atoms with van der Waals surface area (Å²) in [5.74, 6) is -0.0251. The molecule has 3 aromatic rings. The van der Waals surface area contributed by atoms with E-state index in [1.807, 2.05) is 24.5 Å². The van der Waals surface area contributed by atoms with E-state index >= 15 is 0 Å². The average Bonchev–Trinajstić information content (AvgIpc) is 3.27. The van der Waals surface area contributed by atoms with Gasteiger partial charge in [-0.05, 0) is 51.7 Å². The average molecular weight is 548 g/mol. The number of hydrogen-bond acceptors (Lipinski definition) is 7. The van der Waals surface area contributed by atoms with Gasteiger partial charge in [0, 0.05) is 44.2 Å². The van der Waals surface area contributed by atoms with Crippen LogP contribution in [0, 0.1) is 5.92 Å². The van der Waals surface area contributed by atoms with Gasteiger partial charge in [0.2, 0.25) is 11.9 Å². The van der Waals surface area contributed by atoms with Crippen LogP contribution in [0.1, 0.15) is 56.3 Å². The highest BCUT2D eigenvalue weighted by molar-refractivity contribution is 6.05. The highest BCUT2D eigenvalue weighted by Crippen LogP contribution is 2.28. The molecule has 1 unspecified atom stereocenters. The molecule has 1 aliphatic carbocycles. The maximum Gasteiger partial charge on any atom is 0.332 e. The Labute approximate surface area is 232 Å². The molecule has 1 saturated carbocycles. The summed E-state index contributed by atoms with van der Waals surface area (Å²) in [5.41, 5.74) is 7.27. The Morgan fingerprint density at radius 3 is 2.52 bits per heavy atom. The molecule has 40 heavy (non-hydrogen) atoms. The second-order valence-corrected chi connectivity index (χ2v) is 11.1. The Hall–Kier alpha value is -3.99. The fraction of sp³-hybridized carbons (Fsp3) is 0.483. The third kappa shape index (κ3) is 5.25. The SMILES string of the molecule is CC(C)=CCn1c(N2CCCC(N)C2)nc2c1c(=O)n(CC(=O)c1ccccc1NC(=O)C1CCC1)c(=O)n2C. The van der Waals surface area contributed by atoms with Crippen molar-refractivity contribution in [3.63, 3.8) is 0 Å². The molecule has 212 valence electrons. The molecule has 3 N–H and O–H groups in total. The van der Waals surface area contributed by atoms with Crippen molar-refractivity contribution in [2.75, 3.05) is 23.3 Å². The molecule has 0 spiro atoms. The number of carbonyl (C=O) groups is 2. The van der Waals surface area contributed by atoms with Crippen molar-refractivity contribution >= 4 is 34.5 Å². The Bertz CT molecular complexity index is 1600. The van der Waals surface area contributed by atoms with Crippen LogP contribution >= 0.6 is 0 Å². The number of rotatable bonds is 8. The summed E-state index contributed by atoms with van der Waals surface area (Å²) in [5, 5.41) is 2.86. The predicted octanol–water partition coefficient (Wildman–Crippen LogP) is 2.41. The molecule has 1 aliphatic heterocycles. The van der Waals surface area contributed by atoms with Gasteiger partial charge in [-0.1, -0.05) is 30.2 Å². The maximum absolute atomic E-state index is 13.9. The van der Waals surface area contributed by atoms with E-state index < -0.39 is 23.6 Å². The summed E-state index contributed by atoms with van der Waals surface area (Å²) < 4.78 is 4.10. The summed E-state index contributed by atoms with van der Waals surface area (Å²) in [7, 11) is 1.56. The minimum Gasteiger partial charge on any atom is -0.341 e. The quantitative estimate of drug-likeness (QED) is 0.326. The van der Waals surface area contributed by atoms with Crippen molar-refractivity contribution < 1.29 is 9.59 Å². The van der Waals surface area contributed by atoms with Crippen LogP contribution in [0.2, 0.25) is 0 Å². The van der Waals surface area contributed by atoms with E-state index in [-0.39, 0.29) is 34.6 Å². The van der Waals surface area contributed by atoms with E-state index in [1.165, 1.54) is 4.57 Å². The van der Waals surface area contributed by atoms with Gasteiger partial charge in [0.05, 0.1) is 12.2 Å². The van der Waals surface area contributed by atoms with Crippen molar-refractivity contribution in [2.45, 2.75) is 65.1 Å². The third-order valence-electron chi connectivity index (χ3n) is 7.90. The molecular weight excluding hydrogens is 510 g/mol. The van der Waals surface area contributed by atoms with E-state index in [2.05, 4.69) is 10.2 Å². The molecule has 2 fully saturated rings. The number of nitrogens with one attached hydrogen (secondary N) is 1. The zero-order valence-corrected chi connectivity index (χ0v) is 23.4. The van der Waals surface area contributed by atoms with E-state index in [0.29, 0.717) is 24.7 Å². The lowest BCUT2D eigenvalue weighted by atomic mass is 9.84. The van der Waals surface area contributed by atoms with Gasteiger partial charge < -0.3 is 20.5 Å². The number of anilines is 2. The normalized spacial score (nSPS) is 17.5. The Kier molecular flexibility index (Phi) is 7.75. The molecule has 1 amide bonds. The smallest absolute Gasteiger partial charge is 0.332 e. The Morgan fingerprint density at radius 2 is 1.85 bits per heavy atom. The van der Waals surface area contributed by atoms with Crippen molar-refractivity contribution in [3.8, 4) is 0 Å². The molecule has 1 atom stereocenters. The fourth-order valence-corrected chi connectivity index (χ4v) is 5.35. The summed E-state index contributed by atoms with van der Waals surface area (Å²) >= 11 is 0. The van der Waals surface area contributed by atoms with Gasteiger partial charge in [-0.25, -0.2) is 4.79 Å². The number of aromatic nitrogens is 4. The van der Waals surface area contributed by atoms with E-state index in [1.54, 1.807) is 31.3 Å². The van der Waals surface area contributed by atoms with Crippen molar-refractivity contribution in [1.82, 2.24) is 18.7 Å². The third-order valence-corrected chi connectivity index (χ3v) is 7.90.